The van der Waals surface area contributed by atoms with Crippen molar-refractivity contribution in [2.75, 3.05) is 26.5 Å². The molecule has 2 amide bonds. The van der Waals surface area contributed by atoms with Gasteiger partial charge < -0.3 is 20.1 Å². The topological polar surface area (TPSA) is 114 Å². The van der Waals surface area contributed by atoms with Crippen molar-refractivity contribution in [2.45, 2.75) is 6.92 Å². The van der Waals surface area contributed by atoms with E-state index in [0.29, 0.717) is 17.0 Å². The number of hydrogen-bond donors (Lipinski definition) is 2. The molecule has 0 aliphatic carbocycles. The third-order valence-corrected chi connectivity index (χ3v) is 4.58. The Kier molecular flexibility index (Phi) is 6.05. The number of phenolic OH excluding ortho intramolecular Hbond substituents is 1. The SMILES string of the molecule is COc1ccc(-n2nc(C(=O)Nc3cccc(C(=O)N(C)C)c3O)c(C)cc2=O)cc1. The minimum absolute atomic E-state index is 0.000780. The van der Waals surface area contributed by atoms with Crippen molar-refractivity contribution in [3.63, 3.8) is 0 Å². The van der Waals surface area contributed by atoms with E-state index in [2.05, 4.69) is 10.4 Å². The summed E-state index contributed by atoms with van der Waals surface area (Å²) in [6.45, 7) is 1.59. The summed E-state index contributed by atoms with van der Waals surface area (Å²) in [5.41, 5.74) is 0.533. The smallest absolute Gasteiger partial charge is 0.276 e. The van der Waals surface area contributed by atoms with Gasteiger partial charge in [-0.25, -0.2) is 0 Å². The molecule has 0 saturated heterocycles. The zero-order valence-corrected chi connectivity index (χ0v) is 17.5. The molecule has 1 aromatic heterocycles. The predicted octanol–water partition coefficient (Wildman–Crippen LogP) is 2.21. The minimum Gasteiger partial charge on any atom is -0.505 e. The minimum atomic E-state index is -0.635. The van der Waals surface area contributed by atoms with Gasteiger partial charge in [-0.3, -0.25) is 14.4 Å². The van der Waals surface area contributed by atoms with Gasteiger partial charge in [-0.1, -0.05) is 6.07 Å². The highest BCUT2D eigenvalue weighted by molar-refractivity contribution is 6.06. The number of hydrogen-bond acceptors (Lipinski definition) is 6. The Morgan fingerprint density at radius 1 is 1.13 bits per heavy atom. The first-order valence-corrected chi connectivity index (χ1v) is 9.33. The van der Waals surface area contributed by atoms with E-state index in [1.807, 2.05) is 0 Å². The molecule has 0 aliphatic rings. The van der Waals surface area contributed by atoms with E-state index in [1.54, 1.807) is 51.4 Å². The van der Waals surface area contributed by atoms with Crippen LogP contribution in [0.4, 0.5) is 5.69 Å². The van der Waals surface area contributed by atoms with Crippen LogP contribution in [0.25, 0.3) is 5.69 Å². The third kappa shape index (κ3) is 4.40. The van der Waals surface area contributed by atoms with Crippen LogP contribution in [-0.2, 0) is 0 Å². The van der Waals surface area contributed by atoms with Gasteiger partial charge in [0.1, 0.15) is 5.75 Å². The Hall–Kier alpha value is -4.14. The summed E-state index contributed by atoms with van der Waals surface area (Å²) < 4.78 is 6.22. The Morgan fingerprint density at radius 2 is 1.81 bits per heavy atom. The number of anilines is 1. The van der Waals surface area contributed by atoms with Crippen LogP contribution >= 0.6 is 0 Å². The molecule has 2 N–H and O–H groups in total. The fourth-order valence-electron chi connectivity index (χ4n) is 2.92. The number of para-hydroxylation sites is 1. The molecule has 0 spiro atoms. The van der Waals surface area contributed by atoms with Crippen LogP contribution in [0.15, 0.2) is 53.3 Å². The maximum atomic E-state index is 12.9. The molecule has 31 heavy (non-hydrogen) atoms. The van der Waals surface area contributed by atoms with E-state index < -0.39 is 17.4 Å². The van der Waals surface area contributed by atoms with E-state index in [0.717, 1.165) is 4.68 Å². The van der Waals surface area contributed by atoms with Gasteiger partial charge >= 0.3 is 0 Å². The molecule has 160 valence electrons. The number of aromatic hydroxyl groups is 1. The quantitative estimate of drug-likeness (QED) is 0.610. The molecule has 3 aromatic rings. The number of rotatable bonds is 5. The van der Waals surface area contributed by atoms with Gasteiger partial charge in [-0.15, -0.1) is 0 Å². The summed E-state index contributed by atoms with van der Waals surface area (Å²) in [7, 11) is 4.65. The second-order valence-electron chi connectivity index (χ2n) is 6.98. The highest BCUT2D eigenvalue weighted by atomic mass is 16.5. The molecule has 0 radical (unpaired) electrons. The van der Waals surface area contributed by atoms with Gasteiger partial charge in [-0.05, 0) is 48.9 Å². The van der Waals surface area contributed by atoms with Gasteiger partial charge in [0.25, 0.3) is 17.4 Å². The molecular formula is C22H22N4O5. The number of ether oxygens (including phenoxy) is 1. The number of benzene rings is 2. The maximum absolute atomic E-state index is 12.9. The Labute approximate surface area is 178 Å². The van der Waals surface area contributed by atoms with Crippen LogP contribution in [0.2, 0.25) is 0 Å². The van der Waals surface area contributed by atoms with E-state index in [1.165, 1.54) is 30.2 Å². The van der Waals surface area contributed by atoms with Crippen LogP contribution in [0.1, 0.15) is 26.4 Å². The average Bonchev–Trinajstić information content (AvgIpc) is 2.74. The lowest BCUT2D eigenvalue weighted by atomic mass is 10.1. The van der Waals surface area contributed by atoms with Crippen molar-refractivity contribution in [3.8, 4) is 17.2 Å². The first kappa shape index (κ1) is 21.6. The number of nitrogens with one attached hydrogen (secondary N) is 1. The van der Waals surface area contributed by atoms with Crippen LogP contribution in [-0.4, -0.2) is 52.8 Å². The predicted molar refractivity (Wildman–Crippen MR) is 115 cm³/mol. The fraction of sp³-hybridized carbons (Fsp3) is 0.182. The standard InChI is InChI=1S/C22H22N4O5/c1-13-12-18(27)26(14-8-10-15(31-4)11-9-14)24-19(13)21(29)23-17-7-5-6-16(20(17)28)22(30)25(2)3/h5-12,28H,1-4H3,(H,23,29). The van der Waals surface area contributed by atoms with Crippen LogP contribution < -0.4 is 15.6 Å². The molecule has 0 atom stereocenters. The monoisotopic (exact) mass is 422 g/mol. The largest absolute Gasteiger partial charge is 0.505 e. The summed E-state index contributed by atoms with van der Waals surface area (Å²) >= 11 is 0. The summed E-state index contributed by atoms with van der Waals surface area (Å²) in [4.78, 5) is 38.8. The number of carbonyl (C=O) groups excluding carboxylic acids is 2. The van der Waals surface area contributed by atoms with Gasteiger partial charge in [0, 0.05) is 20.2 Å². The molecule has 2 aromatic carbocycles. The Balaban J connectivity index is 1.96. The number of methoxy groups -OCH3 is 1. The van der Waals surface area contributed by atoms with Crippen molar-refractivity contribution in [1.82, 2.24) is 14.7 Å². The van der Waals surface area contributed by atoms with Crippen molar-refractivity contribution >= 4 is 17.5 Å². The summed E-state index contributed by atoms with van der Waals surface area (Å²) in [5, 5.41) is 17.2. The normalized spacial score (nSPS) is 10.5. The van der Waals surface area contributed by atoms with Crippen molar-refractivity contribution in [2.24, 2.45) is 0 Å². The zero-order valence-electron chi connectivity index (χ0n) is 17.5. The van der Waals surface area contributed by atoms with Crippen LogP contribution in [0, 0.1) is 6.92 Å². The number of carbonyl (C=O) groups is 2. The molecule has 9 nitrogen and oxygen atoms in total. The lowest BCUT2D eigenvalue weighted by Gasteiger charge is -2.15. The zero-order chi connectivity index (χ0) is 22.7. The van der Waals surface area contributed by atoms with Gasteiger partial charge in [0.2, 0.25) is 0 Å². The second kappa shape index (κ2) is 8.70. The molecule has 0 aliphatic heterocycles. The third-order valence-electron chi connectivity index (χ3n) is 4.58. The maximum Gasteiger partial charge on any atom is 0.276 e. The second-order valence-corrected chi connectivity index (χ2v) is 6.98. The average molecular weight is 422 g/mol. The fourth-order valence-corrected chi connectivity index (χ4v) is 2.92. The highest BCUT2D eigenvalue weighted by Gasteiger charge is 2.20. The van der Waals surface area contributed by atoms with Crippen LogP contribution in [0.5, 0.6) is 11.5 Å². The number of aromatic nitrogens is 2. The number of phenols is 1. The number of nitrogens with zero attached hydrogens (tertiary/aromatic N) is 3. The summed E-state index contributed by atoms with van der Waals surface area (Å²) in [6, 6.07) is 12.4. The van der Waals surface area contributed by atoms with Crippen molar-refractivity contribution < 1.29 is 19.4 Å². The van der Waals surface area contributed by atoms with Crippen molar-refractivity contribution in [3.05, 3.63) is 75.7 Å². The van der Waals surface area contributed by atoms with E-state index >= 15 is 0 Å². The molecule has 0 unspecified atom stereocenters. The number of amides is 2. The molecule has 9 heteroatoms. The van der Waals surface area contributed by atoms with Gasteiger partial charge in [-0.2, -0.15) is 9.78 Å². The van der Waals surface area contributed by atoms with Crippen LogP contribution in [0.3, 0.4) is 0 Å². The van der Waals surface area contributed by atoms with Gasteiger partial charge in [0.05, 0.1) is 24.0 Å². The summed E-state index contributed by atoms with van der Waals surface area (Å²) in [5.74, 6) is -0.777. The molecule has 1 heterocycles. The van der Waals surface area contributed by atoms with E-state index in [9.17, 15) is 19.5 Å². The molecular weight excluding hydrogens is 400 g/mol. The highest BCUT2D eigenvalue weighted by Crippen LogP contribution is 2.28. The van der Waals surface area contributed by atoms with E-state index in [4.69, 9.17) is 4.74 Å². The Morgan fingerprint density at radius 3 is 2.42 bits per heavy atom. The molecule has 0 bridgehead atoms. The Bertz CT molecular complexity index is 1200. The lowest BCUT2D eigenvalue weighted by molar-refractivity contribution is 0.0824. The molecule has 3 rings (SSSR count). The first-order valence-electron chi connectivity index (χ1n) is 9.33. The summed E-state index contributed by atoms with van der Waals surface area (Å²) in [6.07, 6.45) is 0. The molecule has 0 fully saturated rings. The molecule has 0 saturated carbocycles. The number of aryl methyl sites for hydroxylation is 1. The van der Waals surface area contributed by atoms with Gasteiger partial charge in [0.15, 0.2) is 11.4 Å². The lowest BCUT2D eigenvalue weighted by Crippen LogP contribution is -2.27. The first-order chi connectivity index (χ1) is 14.7. The van der Waals surface area contributed by atoms with Crippen molar-refractivity contribution in [1.29, 1.82) is 0 Å². The van der Waals surface area contributed by atoms with E-state index in [-0.39, 0.29) is 22.7 Å².